The van der Waals surface area contributed by atoms with Crippen molar-refractivity contribution in [3.8, 4) is 5.69 Å². The van der Waals surface area contributed by atoms with E-state index in [-0.39, 0.29) is 16.8 Å². The molecule has 0 saturated carbocycles. The summed E-state index contributed by atoms with van der Waals surface area (Å²) in [5, 5.41) is 18.9. The first-order valence-electron chi connectivity index (χ1n) is 4.48. The Morgan fingerprint density at radius 1 is 1.41 bits per heavy atom. The van der Waals surface area contributed by atoms with E-state index in [2.05, 4.69) is 15.5 Å². The number of alkyl halides is 2. The zero-order valence-corrected chi connectivity index (χ0v) is 8.29. The second kappa shape index (κ2) is 4.24. The molecular formula is C9H6F2N4O2. The van der Waals surface area contributed by atoms with Crippen LogP contribution in [-0.4, -0.2) is 31.3 Å². The summed E-state index contributed by atoms with van der Waals surface area (Å²) in [6.07, 6.45) is -1.62. The highest BCUT2D eigenvalue weighted by atomic mass is 19.3. The van der Waals surface area contributed by atoms with Gasteiger partial charge in [0, 0.05) is 5.56 Å². The molecule has 0 amide bonds. The molecule has 0 radical (unpaired) electrons. The number of carboxylic acid groups (broad SMARTS) is 1. The lowest BCUT2D eigenvalue weighted by molar-refractivity contribution is 0.0696. The quantitative estimate of drug-likeness (QED) is 0.874. The van der Waals surface area contributed by atoms with Crippen molar-refractivity contribution in [2.45, 2.75) is 6.43 Å². The van der Waals surface area contributed by atoms with E-state index in [1.807, 2.05) is 0 Å². The second-order valence-electron chi connectivity index (χ2n) is 3.13. The van der Waals surface area contributed by atoms with Crippen molar-refractivity contribution in [2.75, 3.05) is 0 Å². The minimum absolute atomic E-state index is 0.0510. The third-order valence-electron chi connectivity index (χ3n) is 2.11. The van der Waals surface area contributed by atoms with Crippen LogP contribution in [0, 0.1) is 0 Å². The van der Waals surface area contributed by atoms with Crippen LogP contribution in [0.4, 0.5) is 8.78 Å². The van der Waals surface area contributed by atoms with Gasteiger partial charge in [-0.1, -0.05) is 6.07 Å². The van der Waals surface area contributed by atoms with Crippen LogP contribution >= 0.6 is 0 Å². The van der Waals surface area contributed by atoms with Crippen molar-refractivity contribution in [3.63, 3.8) is 0 Å². The normalized spacial score (nSPS) is 10.8. The Bertz CT molecular complexity index is 542. The van der Waals surface area contributed by atoms with Crippen molar-refractivity contribution in [1.82, 2.24) is 20.2 Å². The molecule has 8 heteroatoms. The van der Waals surface area contributed by atoms with E-state index in [0.717, 1.165) is 29.2 Å². The first-order chi connectivity index (χ1) is 8.09. The number of hydrogen-bond donors (Lipinski definition) is 1. The van der Waals surface area contributed by atoms with E-state index in [1.54, 1.807) is 0 Å². The molecule has 0 bridgehead atoms. The molecule has 0 aliphatic heterocycles. The lowest BCUT2D eigenvalue weighted by atomic mass is 10.1. The number of benzene rings is 1. The number of nitrogens with zero attached hydrogens (tertiary/aromatic N) is 4. The molecule has 0 fully saturated rings. The Morgan fingerprint density at radius 2 is 2.18 bits per heavy atom. The maximum absolute atomic E-state index is 12.7. The molecule has 1 aromatic carbocycles. The van der Waals surface area contributed by atoms with Crippen LogP contribution in [0.15, 0.2) is 24.5 Å². The molecule has 0 aliphatic carbocycles. The van der Waals surface area contributed by atoms with E-state index < -0.39 is 12.4 Å². The maximum atomic E-state index is 12.7. The Labute approximate surface area is 93.5 Å². The van der Waals surface area contributed by atoms with Crippen molar-refractivity contribution in [1.29, 1.82) is 0 Å². The first kappa shape index (κ1) is 11.1. The smallest absolute Gasteiger partial charge is 0.335 e. The monoisotopic (exact) mass is 240 g/mol. The molecule has 2 aromatic rings. The Hall–Kier alpha value is -2.38. The summed E-state index contributed by atoms with van der Waals surface area (Å²) in [5.74, 6) is -1.21. The number of tetrazole rings is 1. The third kappa shape index (κ3) is 2.10. The van der Waals surface area contributed by atoms with Gasteiger partial charge in [0.05, 0.1) is 11.3 Å². The molecule has 0 saturated heterocycles. The summed E-state index contributed by atoms with van der Waals surface area (Å²) >= 11 is 0. The van der Waals surface area contributed by atoms with Gasteiger partial charge in [0.15, 0.2) is 0 Å². The molecule has 0 spiro atoms. The van der Waals surface area contributed by atoms with Crippen LogP contribution in [0.2, 0.25) is 0 Å². The van der Waals surface area contributed by atoms with Gasteiger partial charge < -0.3 is 5.11 Å². The van der Waals surface area contributed by atoms with Gasteiger partial charge in [-0.25, -0.2) is 18.3 Å². The fourth-order valence-electron chi connectivity index (χ4n) is 1.33. The zero-order chi connectivity index (χ0) is 12.4. The van der Waals surface area contributed by atoms with Crippen LogP contribution in [0.5, 0.6) is 0 Å². The average Bonchev–Trinajstić information content (AvgIpc) is 2.81. The van der Waals surface area contributed by atoms with Gasteiger partial charge in [0.25, 0.3) is 6.43 Å². The predicted molar refractivity (Wildman–Crippen MR) is 51.1 cm³/mol. The van der Waals surface area contributed by atoms with Gasteiger partial charge in [-0.2, -0.15) is 0 Å². The van der Waals surface area contributed by atoms with Gasteiger partial charge in [0.1, 0.15) is 6.33 Å². The molecule has 2 rings (SSSR count). The van der Waals surface area contributed by atoms with Crippen molar-refractivity contribution in [2.24, 2.45) is 0 Å². The summed E-state index contributed by atoms with van der Waals surface area (Å²) in [6, 6.07) is 3.25. The summed E-state index contributed by atoms with van der Waals surface area (Å²) in [5.41, 5.74) is -0.493. The average molecular weight is 240 g/mol. The number of carbonyl (C=O) groups is 1. The third-order valence-corrected chi connectivity index (χ3v) is 2.11. The maximum Gasteiger partial charge on any atom is 0.335 e. The predicted octanol–water partition coefficient (Wildman–Crippen LogP) is 1.30. The molecule has 1 N–H and O–H groups in total. The highest BCUT2D eigenvalue weighted by molar-refractivity contribution is 5.88. The standard InChI is InChI=1S/C9H6F2N4O2/c10-8(11)6-2-1-5(9(16)17)3-7(6)15-4-12-13-14-15/h1-4,8H,(H,16,17). The number of carboxylic acids is 1. The van der Waals surface area contributed by atoms with Crippen LogP contribution in [0.1, 0.15) is 22.3 Å². The molecule has 6 nitrogen and oxygen atoms in total. The molecule has 0 aliphatic rings. The van der Waals surface area contributed by atoms with Gasteiger partial charge >= 0.3 is 5.97 Å². The summed E-state index contributed by atoms with van der Waals surface area (Å²) in [7, 11) is 0. The number of aromatic carboxylic acids is 1. The summed E-state index contributed by atoms with van der Waals surface area (Å²) < 4.78 is 26.4. The fraction of sp³-hybridized carbons (Fsp3) is 0.111. The van der Waals surface area contributed by atoms with E-state index >= 15 is 0 Å². The summed E-state index contributed by atoms with van der Waals surface area (Å²) in [4.78, 5) is 10.8. The van der Waals surface area contributed by atoms with Gasteiger partial charge in [0.2, 0.25) is 0 Å². The molecule has 1 heterocycles. The molecule has 0 atom stereocenters. The first-order valence-corrected chi connectivity index (χ1v) is 4.48. The summed E-state index contributed by atoms with van der Waals surface area (Å²) in [6.45, 7) is 0. The van der Waals surface area contributed by atoms with Gasteiger partial charge in [-0.15, -0.1) is 5.10 Å². The molecule has 88 valence electrons. The van der Waals surface area contributed by atoms with Crippen LogP contribution in [-0.2, 0) is 0 Å². The minimum Gasteiger partial charge on any atom is -0.478 e. The molecule has 0 unspecified atom stereocenters. The van der Waals surface area contributed by atoms with Crippen molar-refractivity contribution in [3.05, 3.63) is 35.7 Å². The van der Waals surface area contributed by atoms with E-state index in [9.17, 15) is 13.6 Å². The highest BCUT2D eigenvalue weighted by Gasteiger charge is 2.17. The SMILES string of the molecule is O=C(O)c1ccc(C(F)F)c(-n2cnnn2)c1. The lowest BCUT2D eigenvalue weighted by Gasteiger charge is -2.08. The number of rotatable bonds is 3. The Kier molecular flexibility index (Phi) is 2.77. The Morgan fingerprint density at radius 3 is 2.71 bits per heavy atom. The largest absolute Gasteiger partial charge is 0.478 e. The van der Waals surface area contributed by atoms with Crippen molar-refractivity contribution >= 4 is 5.97 Å². The van der Waals surface area contributed by atoms with Crippen LogP contribution in [0.3, 0.4) is 0 Å². The van der Waals surface area contributed by atoms with E-state index in [4.69, 9.17) is 5.11 Å². The zero-order valence-electron chi connectivity index (χ0n) is 8.29. The minimum atomic E-state index is -2.74. The second-order valence-corrected chi connectivity index (χ2v) is 3.13. The number of halogens is 2. The van der Waals surface area contributed by atoms with Crippen molar-refractivity contribution < 1.29 is 18.7 Å². The number of aromatic nitrogens is 4. The van der Waals surface area contributed by atoms with Crippen LogP contribution in [0.25, 0.3) is 5.69 Å². The molecule has 17 heavy (non-hydrogen) atoms. The van der Waals surface area contributed by atoms with Gasteiger partial charge in [-0.05, 0) is 22.6 Å². The van der Waals surface area contributed by atoms with Crippen LogP contribution < -0.4 is 0 Å². The Balaban J connectivity index is 2.60. The highest BCUT2D eigenvalue weighted by Crippen LogP contribution is 2.26. The van der Waals surface area contributed by atoms with E-state index in [1.165, 1.54) is 0 Å². The van der Waals surface area contributed by atoms with Gasteiger partial charge in [-0.3, -0.25) is 0 Å². The topological polar surface area (TPSA) is 80.9 Å². The fourth-order valence-corrected chi connectivity index (χ4v) is 1.33. The van der Waals surface area contributed by atoms with E-state index in [0.29, 0.717) is 0 Å². The lowest BCUT2D eigenvalue weighted by Crippen LogP contribution is -2.05. The molecule has 1 aromatic heterocycles. The number of hydrogen-bond acceptors (Lipinski definition) is 4. The molecular weight excluding hydrogens is 234 g/mol.